The Balaban J connectivity index is 3.73. The average molecular weight is 383 g/mol. The zero-order valence-electron chi connectivity index (χ0n) is 15.0. The van der Waals surface area contributed by atoms with Crippen molar-refractivity contribution in [1.29, 1.82) is 0 Å². The van der Waals surface area contributed by atoms with Gasteiger partial charge in [-0.3, -0.25) is 0 Å². The Morgan fingerprint density at radius 3 is 1.30 bits per heavy atom. The summed E-state index contributed by atoms with van der Waals surface area (Å²) in [5.41, 5.74) is 2.13. The number of rotatable bonds is 10. The Hall–Kier alpha value is 0.832. The first-order valence-electron chi connectivity index (χ1n) is 7.36. The van der Waals surface area contributed by atoms with Crippen LogP contribution in [0.3, 0.4) is 0 Å². The minimum absolute atomic E-state index is 0.807. The van der Waals surface area contributed by atoms with E-state index in [1.165, 1.54) is 0 Å². The van der Waals surface area contributed by atoms with E-state index in [0.717, 1.165) is 26.3 Å². The fourth-order valence-corrected chi connectivity index (χ4v) is 4.42. The molecule has 20 heavy (non-hydrogen) atoms. The van der Waals surface area contributed by atoms with Gasteiger partial charge in [-0.25, -0.2) is 0 Å². The van der Waals surface area contributed by atoms with Crippen molar-refractivity contribution in [3.8, 4) is 0 Å². The molecule has 0 unspecified atom stereocenters. The molecule has 0 rings (SSSR count). The summed E-state index contributed by atoms with van der Waals surface area (Å²) < 4.78 is 16.6. The maximum absolute atomic E-state index is 5.87. The van der Waals surface area contributed by atoms with E-state index in [1.54, 1.807) is 0 Å². The summed E-state index contributed by atoms with van der Waals surface area (Å²) in [5.74, 6) is 0. The maximum atomic E-state index is 5.87. The van der Waals surface area contributed by atoms with Crippen LogP contribution < -0.4 is 0 Å². The zero-order chi connectivity index (χ0) is 16.0. The monoisotopic (exact) mass is 382 g/mol. The standard InChI is InChI=1S/C13H35AsN2O2Si2/c1-14(17-12-10-15(2)19(4,5)6)18-13-11-16(3)20(7,8)9/h10-13H2,1-9H3. The molecular weight excluding hydrogens is 347 g/mol. The molecule has 0 heterocycles. The Labute approximate surface area is 134 Å². The summed E-state index contributed by atoms with van der Waals surface area (Å²) in [6.45, 7) is 17.8. The molecule has 7 heteroatoms. The van der Waals surface area contributed by atoms with E-state index in [0.29, 0.717) is 0 Å². The van der Waals surface area contributed by atoms with Gasteiger partial charge in [0, 0.05) is 0 Å². The molecule has 0 aromatic rings. The molecule has 0 amide bonds. The normalized spacial score (nSPS) is 13.8. The Morgan fingerprint density at radius 1 is 0.750 bits per heavy atom. The number of hydrogen-bond donors (Lipinski definition) is 0. The van der Waals surface area contributed by atoms with Gasteiger partial charge in [-0.15, -0.1) is 0 Å². The fourth-order valence-electron chi connectivity index (χ4n) is 1.32. The Morgan fingerprint density at radius 2 is 1.05 bits per heavy atom. The molecule has 0 fully saturated rings. The van der Waals surface area contributed by atoms with E-state index in [1.807, 2.05) is 0 Å². The van der Waals surface area contributed by atoms with Crippen LogP contribution >= 0.6 is 0 Å². The zero-order valence-corrected chi connectivity index (χ0v) is 18.9. The van der Waals surface area contributed by atoms with Gasteiger partial charge >= 0.3 is 134 Å². The molecule has 0 aromatic carbocycles. The van der Waals surface area contributed by atoms with E-state index in [9.17, 15) is 0 Å². The van der Waals surface area contributed by atoms with Gasteiger partial charge in [-0.2, -0.15) is 0 Å². The molecule has 122 valence electrons. The fraction of sp³-hybridized carbons (Fsp3) is 1.00. The van der Waals surface area contributed by atoms with Gasteiger partial charge in [-0.1, -0.05) is 0 Å². The molecule has 0 aliphatic carbocycles. The molecule has 0 aliphatic rings. The molecule has 0 atom stereocenters. The topological polar surface area (TPSA) is 24.9 Å². The summed E-state index contributed by atoms with van der Waals surface area (Å²) >= 11 is -1.52. The quantitative estimate of drug-likeness (QED) is 0.543. The second-order valence-corrected chi connectivity index (χ2v) is 20.4. The number of nitrogens with zero attached hydrogens (tertiary/aromatic N) is 2. The molecule has 0 bridgehead atoms. The molecule has 0 saturated carbocycles. The van der Waals surface area contributed by atoms with Gasteiger partial charge in [-0.05, 0) is 0 Å². The molecule has 0 aliphatic heterocycles. The summed E-state index contributed by atoms with van der Waals surface area (Å²) in [4.78, 5) is 0. The average Bonchev–Trinajstić information content (AvgIpc) is 2.26. The van der Waals surface area contributed by atoms with Crippen molar-refractivity contribution >= 4 is 31.8 Å². The van der Waals surface area contributed by atoms with E-state index in [4.69, 9.17) is 7.45 Å². The SMILES string of the molecule is CN(CCO[As](C)OCCN(C)[Si](C)(C)C)[Si](C)(C)C. The summed E-state index contributed by atoms with van der Waals surface area (Å²) in [6.07, 6.45) is 0. The number of likely N-dealkylation sites (N-methyl/N-ethyl adjacent to an activating group) is 2. The van der Waals surface area contributed by atoms with E-state index in [-0.39, 0.29) is 0 Å². The van der Waals surface area contributed by atoms with Crippen molar-refractivity contribution in [3.63, 3.8) is 0 Å². The first kappa shape index (κ1) is 20.8. The van der Waals surface area contributed by atoms with E-state index >= 15 is 0 Å². The third kappa shape index (κ3) is 9.71. The van der Waals surface area contributed by atoms with Crippen molar-refractivity contribution in [2.45, 2.75) is 45.0 Å². The van der Waals surface area contributed by atoms with Crippen molar-refractivity contribution < 1.29 is 7.45 Å². The molecule has 0 saturated heterocycles. The third-order valence-corrected chi connectivity index (χ3v) is 11.0. The van der Waals surface area contributed by atoms with Crippen molar-refractivity contribution in [2.75, 3.05) is 40.4 Å². The van der Waals surface area contributed by atoms with Gasteiger partial charge in [0.2, 0.25) is 0 Å². The van der Waals surface area contributed by atoms with Crippen LogP contribution in [0.15, 0.2) is 0 Å². The molecule has 0 spiro atoms. The summed E-state index contributed by atoms with van der Waals surface area (Å²) in [5, 5.41) is 0. The third-order valence-electron chi connectivity index (χ3n) is 3.69. The van der Waals surface area contributed by atoms with Crippen LogP contribution in [-0.2, 0) is 7.45 Å². The molecular formula is C13H35AsN2O2Si2. The summed E-state index contributed by atoms with van der Waals surface area (Å²) in [6, 6.07) is 0. The van der Waals surface area contributed by atoms with Gasteiger partial charge in [0.05, 0.1) is 0 Å². The van der Waals surface area contributed by atoms with E-state index in [2.05, 4.69) is 68.2 Å². The molecule has 0 N–H and O–H groups in total. The first-order chi connectivity index (χ1) is 8.94. The first-order valence-corrected chi connectivity index (χ1v) is 17.7. The predicted molar refractivity (Wildman–Crippen MR) is 95.5 cm³/mol. The van der Waals surface area contributed by atoms with E-state index < -0.39 is 31.8 Å². The van der Waals surface area contributed by atoms with Gasteiger partial charge in [0.15, 0.2) is 0 Å². The van der Waals surface area contributed by atoms with Crippen LogP contribution in [0.1, 0.15) is 0 Å². The predicted octanol–water partition coefficient (Wildman–Crippen LogP) is 2.67. The number of hydrogen-bond acceptors (Lipinski definition) is 4. The second kappa shape index (κ2) is 9.08. The van der Waals surface area contributed by atoms with Crippen molar-refractivity contribution in [3.05, 3.63) is 0 Å². The molecule has 4 nitrogen and oxygen atoms in total. The van der Waals surface area contributed by atoms with Crippen molar-refractivity contribution in [1.82, 2.24) is 9.13 Å². The minimum atomic E-state index is -1.52. The van der Waals surface area contributed by atoms with Gasteiger partial charge in [0.25, 0.3) is 0 Å². The van der Waals surface area contributed by atoms with Crippen LogP contribution in [0.5, 0.6) is 0 Å². The van der Waals surface area contributed by atoms with Gasteiger partial charge in [0.1, 0.15) is 0 Å². The second-order valence-electron chi connectivity index (χ2n) is 7.29. The van der Waals surface area contributed by atoms with Crippen LogP contribution in [0, 0.1) is 0 Å². The summed E-state index contributed by atoms with van der Waals surface area (Å²) in [7, 11) is 2.07. The van der Waals surface area contributed by atoms with Crippen LogP contribution in [-0.4, -0.2) is 81.3 Å². The van der Waals surface area contributed by atoms with Crippen LogP contribution in [0.2, 0.25) is 45.0 Å². The Kier molecular flexibility index (Phi) is 9.46. The van der Waals surface area contributed by atoms with Crippen molar-refractivity contribution in [2.24, 2.45) is 0 Å². The molecule has 0 aromatic heterocycles. The Bertz CT molecular complexity index is 244. The van der Waals surface area contributed by atoms with Crippen LogP contribution in [0.25, 0.3) is 0 Å². The molecule has 0 radical (unpaired) electrons. The van der Waals surface area contributed by atoms with Crippen LogP contribution in [0.4, 0.5) is 0 Å². The van der Waals surface area contributed by atoms with Gasteiger partial charge < -0.3 is 0 Å².